The molecule has 0 aliphatic heterocycles. The van der Waals surface area contributed by atoms with Crippen LogP contribution in [0, 0.1) is 11.6 Å². The summed E-state index contributed by atoms with van der Waals surface area (Å²) in [6, 6.07) is 41.3. The Balaban J connectivity index is 1.22. The van der Waals surface area contributed by atoms with Gasteiger partial charge in [0.05, 0.1) is 11.2 Å². The highest BCUT2D eigenvalue weighted by molar-refractivity contribution is 6.08. The van der Waals surface area contributed by atoms with Gasteiger partial charge in [-0.1, -0.05) is 48.5 Å². The second-order valence-corrected chi connectivity index (χ2v) is 12.0. The molecule has 0 bridgehead atoms. The molecule has 0 radical (unpaired) electrons. The highest BCUT2D eigenvalue weighted by atomic mass is 19.2. The van der Waals surface area contributed by atoms with Gasteiger partial charge in [0.1, 0.15) is 27.8 Å². The first-order valence-corrected chi connectivity index (χ1v) is 15.6. The first-order chi connectivity index (χ1) is 23.6. The average molecular weight is 625 g/mol. The highest BCUT2D eigenvalue weighted by Gasteiger charge is 2.18. The summed E-state index contributed by atoms with van der Waals surface area (Å²) in [6.45, 7) is 0. The number of halogens is 2. The number of pyridine rings is 2. The van der Waals surface area contributed by atoms with Crippen molar-refractivity contribution in [2.75, 3.05) is 0 Å². The zero-order chi connectivity index (χ0) is 31.9. The maximum Gasteiger partial charge on any atom is 0.168 e. The summed E-state index contributed by atoms with van der Waals surface area (Å²) in [4.78, 5) is 9.30. The standard InChI is InChI=1S/C42H22F2N2O2/c43-39-30-8-5-17-45-41(30)42-31(40(39)44)13-14-34(46-42)27-19-25(23-11-15-37-32(21-23)28-6-1-3-9-35(28)47-37)18-26(20-27)24-12-16-38-33(22-24)29-7-2-4-10-36(29)48-38/h1-22H. The fraction of sp³-hybridized carbons (Fsp3) is 0. The van der Waals surface area contributed by atoms with Crippen molar-refractivity contribution in [2.24, 2.45) is 0 Å². The zero-order valence-electron chi connectivity index (χ0n) is 25.2. The first-order valence-electron chi connectivity index (χ1n) is 15.6. The van der Waals surface area contributed by atoms with Gasteiger partial charge in [-0.3, -0.25) is 4.98 Å². The molecule has 226 valence electrons. The monoisotopic (exact) mass is 624 g/mol. The molecule has 0 N–H and O–H groups in total. The summed E-state index contributed by atoms with van der Waals surface area (Å²) in [5.74, 6) is -1.85. The van der Waals surface area contributed by atoms with Gasteiger partial charge in [-0.05, 0) is 101 Å². The predicted molar refractivity (Wildman–Crippen MR) is 188 cm³/mol. The van der Waals surface area contributed by atoms with Crippen LogP contribution in [0.25, 0.3) is 99.2 Å². The smallest absolute Gasteiger partial charge is 0.168 e. The van der Waals surface area contributed by atoms with Crippen LogP contribution in [-0.2, 0) is 0 Å². The van der Waals surface area contributed by atoms with Crippen molar-refractivity contribution < 1.29 is 17.6 Å². The van der Waals surface area contributed by atoms with Crippen LogP contribution in [0.15, 0.2) is 142 Å². The molecule has 0 aliphatic carbocycles. The molecule has 48 heavy (non-hydrogen) atoms. The second kappa shape index (κ2) is 10.0. The van der Waals surface area contributed by atoms with Crippen LogP contribution >= 0.6 is 0 Å². The fourth-order valence-corrected chi connectivity index (χ4v) is 6.91. The number of hydrogen-bond donors (Lipinski definition) is 0. The van der Waals surface area contributed by atoms with E-state index in [0.29, 0.717) is 16.7 Å². The van der Waals surface area contributed by atoms with E-state index in [-0.39, 0.29) is 10.8 Å². The molecule has 4 nitrogen and oxygen atoms in total. The van der Waals surface area contributed by atoms with Gasteiger partial charge >= 0.3 is 0 Å². The second-order valence-electron chi connectivity index (χ2n) is 12.0. The maximum atomic E-state index is 15.2. The zero-order valence-corrected chi connectivity index (χ0v) is 25.2. The van der Waals surface area contributed by atoms with Gasteiger partial charge < -0.3 is 8.83 Å². The van der Waals surface area contributed by atoms with Crippen molar-refractivity contribution in [1.82, 2.24) is 9.97 Å². The Morgan fingerprint density at radius 2 is 0.917 bits per heavy atom. The van der Waals surface area contributed by atoms with E-state index in [9.17, 15) is 4.39 Å². The van der Waals surface area contributed by atoms with Crippen LogP contribution in [0.1, 0.15) is 0 Å². The lowest BCUT2D eigenvalue weighted by Gasteiger charge is -2.13. The van der Waals surface area contributed by atoms with E-state index < -0.39 is 11.6 Å². The molecule has 0 unspecified atom stereocenters. The lowest BCUT2D eigenvalue weighted by molar-refractivity contribution is 0.525. The molecule has 0 atom stereocenters. The Bertz CT molecular complexity index is 2810. The summed E-state index contributed by atoms with van der Waals surface area (Å²) in [5, 5.41) is 4.34. The third kappa shape index (κ3) is 3.99. The molecule has 6 aromatic carbocycles. The molecule has 0 fully saturated rings. The number of fused-ring (bicyclic) bond motifs is 9. The minimum Gasteiger partial charge on any atom is -0.456 e. The van der Waals surface area contributed by atoms with E-state index in [0.717, 1.165) is 71.7 Å². The van der Waals surface area contributed by atoms with Crippen LogP contribution in [0.2, 0.25) is 0 Å². The van der Waals surface area contributed by atoms with Crippen molar-refractivity contribution in [3.8, 4) is 33.5 Å². The van der Waals surface area contributed by atoms with Crippen molar-refractivity contribution in [1.29, 1.82) is 0 Å². The van der Waals surface area contributed by atoms with E-state index in [1.807, 2.05) is 48.5 Å². The molecule has 4 heterocycles. The first kappa shape index (κ1) is 26.8. The van der Waals surface area contributed by atoms with E-state index in [1.165, 1.54) is 6.07 Å². The minimum absolute atomic E-state index is 0.0911. The molecule has 10 aromatic rings. The normalized spacial score (nSPS) is 12.0. The molecule has 6 heteroatoms. The van der Waals surface area contributed by atoms with Crippen LogP contribution in [0.4, 0.5) is 8.78 Å². The molecule has 0 saturated heterocycles. The fourth-order valence-electron chi connectivity index (χ4n) is 6.91. The number of benzene rings is 6. The Morgan fingerprint density at radius 1 is 0.396 bits per heavy atom. The largest absolute Gasteiger partial charge is 0.456 e. The molecule has 0 spiro atoms. The number of nitrogens with zero attached hydrogens (tertiary/aromatic N) is 2. The van der Waals surface area contributed by atoms with Crippen LogP contribution in [0.5, 0.6) is 0 Å². The average Bonchev–Trinajstić information content (AvgIpc) is 3.71. The van der Waals surface area contributed by atoms with Gasteiger partial charge in [0.25, 0.3) is 0 Å². The summed E-state index contributed by atoms with van der Waals surface area (Å²) in [6.07, 6.45) is 1.57. The molecular formula is C42H22F2N2O2. The number of rotatable bonds is 3. The van der Waals surface area contributed by atoms with Crippen LogP contribution in [-0.4, -0.2) is 9.97 Å². The van der Waals surface area contributed by atoms with E-state index in [1.54, 1.807) is 24.4 Å². The number of aromatic nitrogens is 2. The summed E-state index contributed by atoms with van der Waals surface area (Å²) < 4.78 is 42.4. The topological polar surface area (TPSA) is 52.1 Å². The molecule has 0 aliphatic rings. The summed E-state index contributed by atoms with van der Waals surface area (Å²) >= 11 is 0. The lowest BCUT2D eigenvalue weighted by atomic mass is 9.93. The number of para-hydroxylation sites is 2. The Morgan fingerprint density at radius 3 is 1.54 bits per heavy atom. The van der Waals surface area contributed by atoms with Gasteiger partial charge in [-0.25, -0.2) is 13.8 Å². The van der Waals surface area contributed by atoms with Gasteiger partial charge in [0.15, 0.2) is 11.6 Å². The van der Waals surface area contributed by atoms with Crippen molar-refractivity contribution in [2.45, 2.75) is 0 Å². The van der Waals surface area contributed by atoms with Crippen molar-refractivity contribution in [3.05, 3.63) is 145 Å². The Labute approximate surface area is 271 Å². The molecule has 10 rings (SSSR count). The Kier molecular flexibility index (Phi) is 5.61. The predicted octanol–water partition coefficient (Wildman–Crippen LogP) is 11.9. The van der Waals surface area contributed by atoms with E-state index in [4.69, 9.17) is 13.8 Å². The quantitative estimate of drug-likeness (QED) is 0.184. The molecule has 4 aromatic heterocycles. The highest BCUT2D eigenvalue weighted by Crippen LogP contribution is 2.39. The maximum absolute atomic E-state index is 15.2. The van der Waals surface area contributed by atoms with Crippen LogP contribution in [0.3, 0.4) is 0 Å². The summed E-state index contributed by atoms with van der Waals surface area (Å²) in [5.41, 5.74) is 9.35. The number of hydrogen-bond acceptors (Lipinski definition) is 4. The molecule has 0 saturated carbocycles. The van der Waals surface area contributed by atoms with E-state index >= 15 is 4.39 Å². The number of furan rings is 2. The Hall–Kier alpha value is -6.40. The van der Waals surface area contributed by atoms with Gasteiger partial charge in [0.2, 0.25) is 0 Å². The van der Waals surface area contributed by atoms with Gasteiger partial charge in [0, 0.05) is 44.1 Å². The summed E-state index contributed by atoms with van der Waals surface area (Å²) in [7, 11) is 0. The molecule has 0 amide bonds. The third-order valence-corrected chi connectivity index (χ3v) is 9.24. The van der Waals surface area contributed by atoms with Gasteiger partial charge in [-0.2, -0.15) is 0 Å². The molecular weight excluding hydrogens is 602 g/mol. The van der Waals surface area contributed by atoms with E-state index in [2.05, 4.69) is 59.6 Å². The van der Waals surface area contributed by atoms with Gasteiger partial charge in [-0.15, -0.1) is 0 Å². The lowest BCUT2D eigenvalue weighted by Crippen LogP contribution is -1.96. The SMILES string of the molecule is Fc1c(F)c2ccc(-c3cc(-c4ccc5oc6ccccc6c5c4)cc(-c4ccc5oc6ccccc6c5c4)c3)nc2c2ncccc12. The van der Waals surface area contributed by atoms with Crippen molar-refractivity contribution >= 4 is 65.7 Å². The minimum atomic E-state index is -0.930. The van der Waals surface area contributed by atoms with Crippen LogP contribution < -0.4 is 0 Å². The third-order valence-electron chi connectivity index (χ3n) is 9.24. The van der Waals surface area contributed by atoms with Crippen molar-refractivity contribution in [3.63, 3.8) is 0 Å².